The average molecular weight is 280 g/mol. The van der Waals surface area contributed by atoms with E-state index >= 15 is 0 Å². The van der Waals surface area contributed by atoms with Crippen molar-refractivity contribution in [1.82, 2.24) is 10.2 Å². The van der Waals surface area contributed by atoms with Crippen LogP contribution < -0.4 is 5.32 Å². The number of carbonyl (C=O) groups is 1. The van der Waals surface area contributed by atoms with Crippen molar-refractivity contribution in [3.05, 3.63) is 0 Å². The van der Waals surface area contributed by atoms with Crippen molar-refractivity contribution in [3.8, 4) is 0 Å². The number of carbonyl (C=O) groups excluding carboxylic acids is 1. The molecule has 0 spiro atoms. The molecule has 1 amide bonds. The van der Waals surface area contributed by atoms with Crippen LogP contribution in [-0.4, -0.2) is 29.6 Å². The van der Waals surface area contributed by atoms with Crippen LogP contribution in [-0.2, 0) is 4.79 Å². The predicted molar refractivity (Wildman–Crippen MR) is 83.3 cm³/mol. The molecule has 3 nitrogen and oxygen atoms in total. The average Bonchev–Trinajstić information content (AvgIpc) is 3.04. The van der Waals surface area contributed by atoms with Crippen LogP contribution in [0.1, 0.15) is 66.7 Å². The number of amides is 1. The third-order valence-electron chi connectivity index (χ3n) is 4.87. The Morgan fingerprint density at radius 1 is 1.30 bits per heavy atom. The second kappa shape index (κ2) is 6.05. The van der Waals surface area contributed by atoms with Gasteiger partial charge in [-0.3, -0.25) is 10.1 Å². The summed E-state index contributed by atoms with van der Waals surface area (Å²) in [7, 11) is 0. The molecule has 20 heavy (non-hydrogen) atoms. The number of nitrogens with one attached hydrogen (secondary N) is 1. The lowest BCUT2D eigenvalue weighted by Gasteiger charge is -2.31. The SMILES string of the molecule is CCCC1(CN2C(=O)C(CC(C)C)NC2C(C)C)CC1. The molecule has 1 aliphatic carbocycles. The third kappa shape index (κ3) is 3.36. The first-order valence-corrected chi connectivity index (χ1v) is 8.45. The lowest BCUT2D eigenvalue weighted by molar-refractivity contribution is -0.131. The highest BCUT2D eigenvalue weighted by molar-refractivity contribution is 5.84. The van der Waals surface area contributed by atoms with Gasteiger partial charge in [0, 0.05) is 6.54 Å². The highest BCUT2D eigenvalue weighted by Gasteiger charge is 2.48. The Morgan fingerprint density at radius 2 is 1.95 bits per heavy atom. The van der Waals surface area contributed by atoms with Crippen molar-refractivity contribution in [2.45, 2.75) is 78.9 Å². The maximum absolute atomic E-state index is 12.7. The van der Waals surface area contributed by atoms with E-state index in [2.05, 4.69) is 44.8 Å². The second-order valence-corrected chi connectivity index (χ2v) is 7.75. The Balaban J connectivity index is 2.06. The fraction of sp³-hybridized carbons (Fsp3) is 0.941. The molecule has 2 unspecified atom stereocenters. The molecule has 2 atom stereocenters. The van der Waals surface area contributed by atoms with Crippen molar-refractivity contribution < 1.29 is 4.79 Å². The van der Waals surface area contributed by atoms with Crippen LogP contribution in [0, 0.1) is 17.3 Å². The summed E-state index contributed by atoms with van der Waals surface area (Å²) in [5.74, 6) is 1.39. The van der Waals surface area contributed by atoms with Crippen molar-refractivity contribution >= 4 is 5.91 Å². The van der Waals surface area contributed by atoms with E-state index in [1.807, 2.05) is 0 Å². The quantitative estimate of drug-likeness (QED) is 0.775. The van der Waals surface area contributed by atoms with Gasteiger partial charge < -0.3 is 4.90 Å². The maximum atomic E-state index is 12.7. The Hall–Kier alpha value is -0.570. The van der Waals surface area contributed by atoms with Crippen LogP contribution in [0.15, 0.2) is 0 Å². The molecule has 0 aromatic carbocycles. The van der Waals surface area contributed by atoms with Gasteiger partial charge in [-0.05, 0) is 42.9 Å². The van der Waals surface area contributed by atoms with Crippen molar-refractivity contribution in [2.24, 2.45) is 17.3 Å². The molecule has 116 valence electrons. The minimum absolute atomic E-state index is 0.0415. The molecule has 1 saturated heterocycles. The van der Waals surface area contributed by atoms with E-state index in [0.29, 0.717) is 23.2 Å². The lowest BCUT2D eigenvalue weighted by Crippen LogP contribution is -2.44. The van der Waals surface area contributed by atoms with Gasteiger partial charge in [0.05, 0.1) is 12.2 Å². The van der Waals surface area contributed by atoms with Crippen LogP contribution in [0.4, 0.5) is 0 Å². The lowest BCUT2D eigenvalue weighted by atomic mass is 9.98. The van der Waals surface area contributed by atoms with Gasteiger partial charge in [-0.25, -0.2) is 0 Å². The fourth-order valence-electron chi connectivity index (χ4n) is 3.63. The van der Waals surface area contributed by atoms with Gasteiger partial charge in [-0.15, -0.1) is 0 Å². The smallest absolute Gasteiger partial charge is 0.241 e. The molecule has 1 aliphatic heterocycles. The molecule has 2 fully saturated rings. The standard InChI is InChI=1S/C17H32N2O/c1-6-7-17(8-9-17)11-19-15(13(4)5)18-14(16(19)20)10-12(2)3/h12-15,18H,6-11H2,1-5H3. The van der Waals surface area contributed by atoms with Crippen LogP contribution in [0.3, 0.4) is 0 Å². The van der Waals surface area contributed by atoms with Crippen molar-refractivity contribution in [2.75, 3.05) is 6.54 Å². The predicted octanol–water partition coefficient (Wildman–Crippen LogP) is 3.40. The zero-order valence-corrected chi connectivity index (χ0v) is 13.9. The first-order chi connectivity index (χ1) is 9.38. The Bertz CT molecular complexity index is 347. The molecule has 3 heteroatoms. The molecule has 2 rings (SSSR count). The van der Waals surface area contributed by atoms with Crippen molar-refractivity contribution in [3.63, 3.8) is 0 Å². The van der Waals surface area contributed by atoms with Crippen LogP contribution in [0.5, 0.6) is 0 Å². The summed E-state index contributed by atoms with van der Waals surface area (Å²) >= 11 is 0. The molecule has 1 saturated carbocycles. The summed E-state index contributed by atoms with van der Waals surface area (Å²) in [5.41, 5.74) is 0.450. The van der Waals surface area contributed by atoms with E-state index in [9.17, 15) is 4.79 Å². The monoisotopic (exact) mass is 280 g/mol. The summed E-state index contributed by atoms with van der Waals surface area (Å²) in [4.78, 5) is 14.9. The summed E-state index contributed by atoms with van der Waals surface area (Å²) < 4.78 is 0. The number of hydrogen-bond acceptors (Lipinski definition) is 2. The minimum Gasteiger partial charge on any atom is -0.325 e. The van der Waals surface area contributed by atoms with E-state index in [1.165, 1.54) is 25.7 Å². The molecule has 1 N–H and O–H groups in total. The first-order valence-electron chi connectivity index (χ1n) is 8.45. The molecule has 0 aromatic heterocycles. The van der Waals surface area contributed by atoms with E-state index in [0.717, 1.165) is 13.0 Å². The van der Waals surface area contributed by atoms with Gasteiger partial charge in [-0.2, -0.15) is 0 Å². The molecule has 0 bridgehead atoms. The fourth-order valence-corrected chi connectivity index (χ4v) is 3.63. The van der Waals surface area contributed by atoms with E-state index in [-0.39, 0.29) is 12.2 Å². The number of hydrogen-bond donors (Lipinski definition) is 1. The molecule has 2 aliphatic rings. The zero-order valence-electron chi connectivity index (χ0n) is 13.9. The molecule has 0 radical (unpaired) electrons. The van der Waals surface area contributed by atoms with Crippen LogP contribution in [0.2, 0.25) is 0 Å². The van der Waals surface area contributed by atoms with Gasteiger partial charge in [-0.1, -0.05) is 41.0 Å². The molecule has 1 heterocycles. The number of nitrogens with zero attached hydrogens (tertiary/aromatic N) is 1. The van der Waals surface area contributed by atoms with Crippen molar-refractivity contribution in [1.29, 1.82) is 0 Å². The van der Waals surface area contributed by atoms with Gasteiger partial charge in [0.25, 0.3) is 0 Å². The molecule has 0 aromatic rings. The van der Waals surface area contributed by atoms with Gasteiger partial charge >= 0.3 is 0 Å². The van der Waals surface area contributed by atoms with Gasteiger partial charge in [0.1, 0.15) is 0 Å². The molecular weight excluding hydrogens is 248 g/mol. The van der Waals surface area contributed by atoms with E-state index < -0.39 is 0 Å². The Kier molecular flexibility index (Phi) is 4.78. The second-order valence-electron chi connectivity index (χ2n) is 7.75. The van der Waals surface area contributed by atoms with E-state index in [4.69, 9.17) is 0 Å². The summed E-state index contributed by atoms with van der Waals surface area (Å²) in [6.07, 6.45) is 6.32. The van der Waals surface area contributed by atoms with Crippen LogP contribution in [0.25, 0.3) is 0 Å². The van der Waals surface area contributed by atoms with Crippen LogP contribution >= 0.6 is 0 Å². The third-order valence-corrected chi connectivity index (χ3v) is 4.87. The summed E-state index contributed by atoms with van der Waals surface area (Å²) in [5, 5.41) is 3.59. The largest absolute Gasteiger partial charge is 0.325 e. The highest BCUT2D eigenvalue weighted by Crippen LogP contribution is 2.50. The molecular formula is C17H32N2O. The Morgan fingerprint density at radius 3 is 2.40 bits per heavy atom. The van der Waals surface area contributed by atoms with Gasteiger partial charge in [0.15, 0.2) is 0 Å². The topological polar surface area (TPSA) is 32.3 Å². The van der Waals surface area contributed by atoms with Gasteiger partial charge in [0.2, 0.25) is 5.91 Å². The number of rotatable bonds is 7. The Labute approximate surface area is 124 Å². The highest BCUT2D eigenvalue weighted by atomic mass is 16.2. The summed E-state index contributed by atoms with van der Waals surface area (Å²) in [6.45, 7) is 12.1. The summed E-state index contributed by atoms with van der Waals surface area (Å²) in [6, 6.07) is 0.0415. The normalized spacial score (nSPS) is 28.8. The minimum atomic E-state index is 0.0415. The zero-order chi connectivity index (χ0) is 14.9. The van der Waals surface area contributed by atoms with E-state index in [1.54, 1.807) is 0 Å². The maximum Gasteiger partial charge on any atom is 0.241 e. The first kappa shape index (κ1) is 15.8.